The molecule has 2 N–H and O–H groups in total. The van der Waals surface area contributed by atoms with Gasteiger partial charge >= 0.3 is 0 Å². The second-order valence-corrected chi connectivity index (χ2v) is 8.18. The van der Waals surface area contributed by atoms with Crippen LogP contribution in [0.3, 0.4) is 0 Å². The first-order valence-electron chi connectivity index (χ1n) is 10.8. The van der Waals surface area contributed by atoms with Gasteiger partial charge in [0, 0.05) is 24.2 Å². The number of piperazine rings is 1. The number of hydrogen-bond donors (Lipinski definition) is 2. The van der Waals surface area contributed by atoms with E-state index in [4.69, 9.17) is 10.00 Å². The zero-order valence-electron chi connectivity index (χ0n) is 17.3. The fraction of sp³-hybridized carbons (Fsp3) is 0.417. The van der Waals surface area contributed by atoms with Gasteiger partial charge in [0.15, 0.2) is 6.04 Å². The monoisotopic (exact) mass is 406 g/mol. The molecule has 30 heavy (non-hydrogen) atoms. The van der Waals surface area contributed by atoms with Crippen molar-refractivity contribution in [1.82, 2.24) is 4.90 Å². The summed E-state index contributed by atoms with van der Waals surface area (Å²) in [7, 11) is 0. The molecule has 0 spiro atoms. The molecule has 2 aliphatic heterocycles. The van der Waals surface area contributed by atoms with Crippen molar-refractivity contribution in [2.24, 2.45) is 0 Å². The molecule has 2 aromatic rings. The Morgan fingerprint density at radius 1 is 1.00 bits per heavy atom. The third kappa shape index (κ3) is 4.88. The van der Waals surface area contributed by atoms with Gasteiger partial charge in [-0.15, -0.1) is 0 Å². The Hall–Kier alpha value is -2.72. The first kappa shape index (κ1) is 20.5. The third-order valence-corrected chi connectivity index (χ3v) is 6.25. The van der Waals surface area contributed by atoms with Crippen LogP contribution in [0.25, 0.3) is 0 Å². The highest BCUT2D eigenvalue weighted by molar-refractivity contribution is 5.82. The van der Waals surface area contributed by atoms with Crippen LogP contribution in [0.2, 0.25) is 0 Å². The van der Waals surface area contributed by atoms with E-state index in [2.05, 4.69) is 30.3 Å². The second-order valence-electron chi connectivity index (χ2n) is 8.18. The zero-order valence-corrected chi connectivity index (χ0v) is 17.3. The molecule has 1 amide bonds. The van der Waals surface area contributed by atoms with Crippen molar-refractivity contribution in [1.29, 1.82) is 5.26 Å². The highest BCUT2D eigenvalue weighted by atomic mass is 16.5. The summed E-state index contributed by atoms with van der Waals surface area (Å²) in [5, 5.41) is 8.97. The van der Waals surface area contributed by atoms with Crippen LogP contribution in [0.1, 0.15) is 22.7 Å². The van der Waals surface area contributed by atoms with Gasteiger partial charge in [-0.2, -0.15) is 5.26 Å². The van der Waals surface area contributed by atoms with Crippen LogP contribution in [0.5, 0.6) is 0 Å². The molecule has 2 aromatic carbocycles. The highest BCUT2D eigenvalue weighted by Gasteiger charge is 2.38. The first-order valence-corrected chi connectivity index (χ1v) is 10.8. The molecule has 0 aliphatic carbocycles. The molecule has 2 fully saturated rings. The standard InChI is InChI=1S/C24H28N4O2/c25-18-20-6-8-21(9-7-20)19-26-10-12-27(13-11-26)23(22-4-2-1-3-5-22)24(29)28-14-16-30-17-15-28/h1-9,23H,10-17,19H2/p+2/t23-/m0/s1. The number of quaternary nitrogens is 2. The summed E-state index contributed by atoms with van der Waals surface area (Å²) in [5.41, 5.74) is 3.08. The molecule has 6 nitrogen and oxygen atoms in total. The van der Waals surface area contributed by atoms with Crippen LogP contribution >= 0.6 is 0 Å². The number of nitrogens with zero attached hydrogens (tertiary/aromatic N) is 2. The second kappa shape index (κ2) is 9.86. The van der Waals surface area contributed by atoms with E-state index in [1.54, 1.807) is 0 Å². The van der Waals surface area contributed by atoms with E-state index in [0.29, 0.717) is 31.9 Å². The predicted molar refractivity (Wildman–Crippen MR) is 113 cm³/mol. The number of amides is 1. The van der Waals surface area contributed by atoms with Gasteiger partial charge in [0.05, 0.1) is 24.8 Å². The average molecular weight is 407 g/mol. The van der Waals surface area contributed by atoms with Gasteiger partial charge in [-0.25, -0.2) is 0 Å². The molecule has 0 saturated carbocycles. The molecule has 0 aromatic heterocycles. The average Bonchev–Trinajstić information content (AvgIpc) is 2.82. The number of carbonyl (C=O) groups excluding carboxylic acids is 1. The molecule has 1 atom stereocenters. The SMILES string of the molecule is N#Cc1ccc(C[NH+]2CC[NH+]([C@H](C(=O)N3CCOCC3)c3ccccc3)CC2)cc1. The van der Waals surface area contributed by atoms with E-state index in [0.717, 1.165) is 38.3 Å². The largest absolute Gasteiger partial charge is 0.378 e. The quantitative estimate of drug-likeness (QED) is 0.700. The molecule has 156 valence electrons. The minimum atomic E-state index is -0.138. The number of benzene rings is 2. The van der Waals surface area contributed by atoms with Crippen molar-refractivity contribution in [3.05, 3.63) is 71.3 Å². The highest BCUT2D eigenvalue weighted by Crippen LogP contribution is 2.14. The van der Waals surface area contributed by atoms with E-state index in [9.17, 15) is 4.79 Å². The third-order valence-electron chi connectivity index (χ3n) is 6.25. The lowest BCUT2D eigenvalue weighted by Crippen LogP contribution is -3.28. The lowest BCUT2D eigenvalue weighted by molar-refractivity contribution is -1.03. The van der Waals surface area contributed by atoms with E-state index >= 15 is 0 Å². The lowest BCUT2D eigenvalue weighted by Gasteiger charge is -2.37. The first-order chi connectivity index (χ1) is 14.7. The zero-order chi connectivity index (χ0) is 20.8. The molecule has 0 radical (unpaired) electrons. The van der Waals surface area contributed by atoms with Crippen LogP contribution < -0.4 is 9.80 Å². The Bertz CT molecular complexity index is 864. The van der Waals surface area contributed by atoms with Gasteiger partial charge in [0.1, 0.15) is 32.7 Å². The van der Waals surface area contributed by atoms with Crippen LogP contribution in [0.4, 0.5) is 0 Å². The van der Waals surface area contributed by atoms with Crippen LogP contribution in [0, 0.1) is 11.3 Å². The van der Waals surface area contributed by atoms with Gasteiger partial charge in [-0.05, 0) is 12.1 Å². The summed E-state index contributed by atoms with van der Waals surface area (Å²) >= 11 is 0. The minimum absolute atomic E-state index is 0.138. The van der Waals surface area contributed by atoms with Crippen LogP contribution in [-0.4, -0.2) is 63.3 Å². The normalized spacial score (nSPS) is 22.8. The van der Waals surface area contributed by atoms with E-state index in [1.807, 2.05) is 35.2 Å². The summed E-state index contributed by atoms with van der Waals surface area (Å²) in [6, 6.07) is 20.2. The number of nitriles is 1. The van der Waals surface area contributed by atoms with Gasteiger partial charge in [-0.3, -0.25) is 4.79 Å². The number of ether oxygens (including phenoxy) is 1. The molecule has 0 unspecified atom stereocenters. The van der Waals surface area contributed by atoms with Crippen LogP contribution in [0.15, 0.2) is 54.6 Å². The number of nitrogens with one attached hydrogen (secondary N) is 2. The Morgan fingerprint density at radius 2 is 1.67 bits per heavy atom. The summed E-state index contributed by atoms with van der Waals surface area (Å²) in [6.45, 7) is 7.62. The Kier molecular flexibility index (Phi) is 6.75. The van der Waals surface area contributed by atoms with Gasteiger partial charge in [0.2, 0.25) is 0 Å². The molecule has 6 heteroatoms. The number of hydrogen-bond acceptors (Lipinski definition) is 3. The summed E-state index contributed by atoms with van der Waals surface area (Å²) in [6.07, 6.45) is 0. The molecule has 4 rings (SSSR count). The fourth-order valence-electron chi connectivity index (χ4n) is 4.54. The fourth-order valence-corrected chi connectivity index (χ4v) is 4.54. The Morgan fingerprint density at radius 3 is 2.30 bits per heavy atom. The number of carbonyl (C=O) groups is 1. The number of rotatable bonds is 5. The summed E-state index contributed by atoms with van der Waals surface area (Å²) < 4.78 is 5.44. The van der Waals surface area contributed by atoms with Gasteiger partial charge in [0.25, 0.3) is 5.91 Å². The Balaban J connectivity index is 1.42. The molecule has 2 aliphatic rings. The molecule has 2 saturated heterocycles. The van der Waals surface area contributed by atoms with E-state index in [1.165, 1.54) is 15.4 Å². The van der Waals surface area contributed by atoms with E-state index < -0.39 is 0 Å². The van der Waals surface area contributed by atoms with Gasteiger partial charge < -0.3 is 19.4 Å². The summed E-state index contributed by atoms with van der Waals surface area (Å²) in [4.78, 5) is 18.3. The lowest BCUT2D eigenvalue weighted by atomic mass is 10.0. The van der Waals surface area contributed by atoms with Crippen molar-refractivity contribution in [3.8, 4) is 6.07 Å². The maximum atomic E-state index is 13.4. The number of morpholine rings is 1. The molecular weight excluding hydrogens is 376 g/mol. The Labute approximate surface area is 178 Å². The topological polar surface area (TPSA) is 62.2 Å². The van der Waals surface area contributed by atoms with Crippen LogP contribution in [-0.2, 0) is 16.1 Å². The van der Waals surface area contributed by atoms with Gasteiger partial charge in [-0.1, -0.05) is 42.5 Å². The van der Waals surface area contributed by atoms with Crippen molar-refractivity contribution in [2.75, 3.05) is 52.5 Å². The molecule has 2 heterocycles. The molecular formula is C24H30N4O2+2. The van der Waals surface area contributed by atoms with Crippen molar-refractivity contribution >= 4 is 5.91 Å². The minimum Gasteiger partial charge on any atom is -0.378 e. The van der Waals surface area contributed by atoms with Crippen molar-refractivity contribution in [3.63, 3.8) is 0 Å². The van der Waals surface area contributed by atoms with Crippen molar-refractivity contribution in [2.45, 2.75) is 12.6 Å². The maximum absolute atomic E-state index is 13.4. The maximum Gasteiger partial charge on any atom is 0.285 e. The summed E-state index contributed by atoms with van der Waals surface area (Å²) in [5.74, 6) is 0.232. The van der Waals surface area contributed by atoms with Crippen molar-refractivity contribution < 1.29 is 19.3 Å². The van der Waals surface area contributed by atoms with E-state index in [-0.39, 0.29) is 11.9 Å². The smallest absolute Gasteiger partial charge is 0.285 e. The predicted octanol–water partition coefficient (Wildman–Crippen LogP) is -0.558. The molecule has 0 bridgehead atoms.